The van der Waals surface area contributed by atoms with Crippen molar-refractivity contribution < 1.29 is 0 Å². The molecule has 0 unspecified atom stereocenters. The molecule has 0 aliphatic carbocycles. The molecular formula is C62H42N2. The van der Waals surface area contributed by atoms with Gasteiger partial charge < -0.3 is 9.80 Å². The normalized spacial score (nSPS) is 11.4. The lowest BCUT2D eigenvalue weighted by Gasteiger charge is -2.29. The van der Waals surface area contributed by atoms with Gasteiger partial charge in [0.2, 0.25) is 0 Å². The molecule has 2 heteroatoms. The highest BCUT2D eigenvalue weighted by Gasteiger charge is 2.24. The van der Waals surface area contributed by atoms with Crippen LogP contribution in [0.25, 0.3) is 76.1 Å². The van der Waals surface area contributed by atoms with Crippen molar-refractivity contribution in [1.82, 2.24) is 0 Å². The van der Waals surface area contributed by atoms with Crippen LogP contribution in [0.2, 0.25) is 0 Å². The van der Waals surface area contributed by atoms with Crippen LogP contribution in [0.4, 0.5) is 34.1 Å². The summed E-state index contributed by atoms with van der Waals surface area (Å²) in [6, 6.07) is 92.6. The summed E-state index contributed by atoms with van der Waals surface area (Å²) in [4.78, 5) is 4.83. The van der Waals surface area contributed by atoms with Gasteiger partial charge in [0.1, 0.15) is 0 Å². The second kappa shape index (κ2) is 15.8. The first kappa shape index (κ1) is 37.3. The van der Waals surface area contributed by atoms with Gasteiger partial charge in [0.15, 0.2) is 0 Å². The second-order valence-corrected chi connectivity index (χ2v) is 16.4. The Balaban J connectivity index is 1.04. The molecule has 300 valence electrons. The fraction of sp³-hybridized carbons (Fsp3) is 0. The summed E-state index contributed by atoms with van der Waals surface area (Å²) in [7, 11) is 0. The fourth-order valence-electron chi connectivity index (χ4n) is 9.99. The Morgan fingerprint density at radius 1 is 0.203 bits per heavy atom. The average molecular weight is 815 g/mol. The van der Waals surface area contributed by atoms with Crippen LogP contribution < -0.4 is 9.80 Å². The lowest BCUT2D eigenvalue weighted by Crippen LogP contribution is -2.11. The first-order valence-electron chi connectivity index (χ1n) is 22.0. The van der Waals surface area contributed by atoms with Crippen LogP contribution in [0.1, 0.15) is 0 Å². The van der Waals surface area contributed by atoms with Crippen molar-refractivity contribution in [1.29, 1.82) is 0 Å². The number of hydrogen-bond acceptors (Lipinski definition) is 2. The van der Waals surface area contributed by atoms with Gasteiger partial charge in [-0.15, -0.1) is 0 Å². The molecule has 0 spiro atoms. The van der Waals surface area contributed by atoms with E-state index in [1.165, 1.54) is 87.5 Å². The van der Waals surface area contributed by atoms with Gasteiger partial charge in [-0.05, 0) is 115 Å². The van der Waals surface area contributed by atoms with Crippen LogP contribution in [0.15, 0.2) is 255 Å². The maximum Gasteiger partial charge on any atom is 0.0618 e. The minimum Gasteiger partial charge on any atom is -0.309 e. The lowest BCUT2D eigenvalue weighted by atomic mass is 9.87. The first-order chi connectivity index (χ1) is 31.8. The summed E-state index contributed by atoms with van der Waals surface area (Å²) in [5.74, 6) is 0. The molecule has 0 heterocycles. The van der Waals surface area contributed by atoms with Crippen molar-refractivity contribution in [2.75, 3.05) is 9.80 Å². The quantitative estimate of drug-likeness (QED) is 0.141. The summed E-state index contributed by atoms with van der Waals surface area (Å²) in [6.45, 7) is 0. The van der Waals surface area contributed by atoms with Crippen LogP contribution >= 0.6 is 0 Å². The Bertz CT molecular complexity index is 3220. The van der Waals surface area contributed by atoms with E-state index in [1.54, 1.807) is 0 Å². The van der Waals surface area contributed by atoms with Crippen LogP contribution in [-0.4, -0.2) is 0 Å². The summed E-state index contributed by atoms with van der Waals surface area (Å²) in [5.41, 5.74) is 11.7. The maximum atomic E-state index is 2.41. The van der Waals surface area contributed by atoms with Gasteiger partial charge in [-0.1, -0.05) is 194 Å². The van der Waals surface area contributed by atoms with E-state index in [2.05, 4.69) is 265 Å². The fourth-order valence-corrected chi connectivity index (χ4v) is 9.99. The van der Waals surface area contributed by atoms with Gasteiger partial charge in [0.05, 0.1) is 11.4 Å². The van der Waals surface area contributed by atoms with Gasteiger partial charge in [0.25, 0.3) is 0 Å². The van der Waals surface area contributed by atoms with E-state index >= 15 is 0 Å². The van der Waals surface area contributed by atoms with Crippen LogP contribution in [0, 0.1) is 0 Å². The van der Waals surface area contributed by atoms with E-state index in [9.17, 15) is 0 Å². The van der Waals surface area contributed by atoms with Crippen molar-refractivity contribution in [3.8, 4) is 22.3 Å². The van der Waals surface area contributed by atoms with E-state index in [0.29, 0.717) is 0 Å². The summed E-state index contributed by atoms with van der Waals surface area (Å²) < 4.78 is 0. The third kappa shape index (κ3) is 6.27. The molecule has 0 aromatic heterocycles. The zero-order chi connectivity index (χ0) is 42.4. The van der Waals surface area contributed by atoms with Crippen molar-refractivity contribution in [3.05, 3.63) is 255 Å². The van der Waals surface area contributed by atoms with Crippen LogP contribution in [-0.2, 0) is 0 Å². The summed E-state index contributed by atoms with van der Waals surface area (Å²) >= 11 is 0. The van der Waals surface area contributed by atoms with Crippen molar-refractivity contribution in [2.24, 2.45) is 0 Å². The summed E-state index contributed by atoms with van der Waals surface area (Å²) in [6.07, 6.45) is 0. The van der Waals surface area contributed by atoms with Crippen molar-refractivity contribution >= 4 is 88.0 Å². The van der Waals surface area contributed by atoms with Crippen LogP contribution in [0.3, 0.4) is 0 Å². The molecule has 12 rings (SSSR count). The van der Waals surface area contributed by atoms with Gasteiger partial charge >= 0.3 is 0 Å². The molecule has 0 N–H and O–H groups in total. The molecule has 0 amide bonds. The Hall–Kier alpha value is -8.46. The molecule has 12 aromatic carbocycles. The Morgan fingerprint density at radius 3 is 0.703 bits per heavy atom. The predicted molar refractivity (Wildman–Crippen MR) is 274 cm³/mol. The molecule has 0 saturated heterocycles. The molecule has 0 fully saturated rings. The highest BCUT2D eigenvalue weighted by Crippen LogP contribution is 2.50. The number of para-hydroxylation sites is 4. The first-order valence-corrected chi connectivity index (χ1v) is 22.0. The van der Waals surface area contributed by atoms with E-state index < -0.39 is 0 Å². The molecule has 2 nitrogen and oxygen atoms in total. The topological polar surface area (TPSA) is 6.48 Å². The second-order valence-electron chi connectivity index (χ2n) is 16.4. The smallest absolute Gasteiger partial charge is 0.0618 e. The predicted octanol–water partition coefficient (Wildman–Crippen LogP) is 17.7. The van der Waals surface area contributed by atoms with Gasteiger partial charge in [-0.2, -0.15) is 0 Å². The molecular weight excluding hydrogens is 773 g/mol. The monoisotopic (exact) mass is 814 g/mol. The van der Waals surface area contributed by atoms with Crippen molar-refractivity contribution in [2.45, 2.75) is 0 Å². The van der Waals surface area contributed by atoms with Crippen molar-refractivity contribution in [3.63, 3.8) is 0 Å². The minimum atomic E-state index is 1.12. The zero-order valence-corrected chi connectivity index (χ0v) is 35.1. The SMILES string of the molecule is c1ccc(N(c2ccccc2)c2c3ccccc3c(-c3ccc4cc(-c5c6ccccc6c(N(c6ccccc6)c6ccccc6)c6ccccc56)ccc4c3)c3ccccc23)cc1. The molecule has 12 aromatic rings. The highest BCUT2D eigenvalue weighted by molar-refractivity contribution is 6.24. The Morgan fingerprint density at radius 2 is 0.438 bits per heavy atom. The molecule has 0 bridgehead atoms. The van der Waals surface area contributed by atoms with E-state index in [4.69, 9.17) is 0 Å². The average Bonchev–Trinajstić information content (AvgIpc) is 3.37. The Kier molecular flexibility index (Phi) is 9.20. The Labute approximate surface area is 373 Å². The highest BCUT2D eigenvalue weighted by atomic mass is 15.2. The molecule has 0 aliphatic rings. The van der Waals surface area contributed by atoms with E-state index in [0.717, 1.165) is 22.7 Å². The zero-order valence-electron chi connectivity index (χ0n) is 35.1. The molecule has 64 heavy (non-hydrogen) atoms. The largest absolute Gasteiger partial charge is 0.309 e. The number of nitrogens with zero attached hydrogens (tertiary/aromatic N) is 2. The summed E-state index contributed by atoms with van der Waals surface area (Å²) in [5, 5.41) is 12.1. The molecule has 0 atom stereocenters. The van der Waals surface area contributed by atoms with E-state index in [-0.39, 0.29) is 0 Å². The maximum absolute atomic E-state index is 2.41. The lowest BCUT2D eigenvalue weighted by molar-refractivity contribution is 1.31. The number of benzene rings is 12. The number of hydrogen-bond donors (Lipinski definition) is 0. The van der Waals surface area contributed by atoms with Gasteiger partial charge in [0, 0.05) is 44.3 Å². The van der Waals surface area contributed by atoms with Crippen LogP contribution in [0.5, 0.6) is 0 Å². The van der Waals surface area contributed by atoms with Gasteiger partial charge in [-0.3, -0.25) is 0 Å². The number of fused-ring (bicyclic) bond motifs is 5. The third-order valence-electron chi connectivity index (χ3n) is 12.7. The minimum absolute atomic E-state index is 1.12. The van der Waals surface area contributed by atoms with E-state index in [1.807, 2.05) is 0 Å². The molecule has 0 radical (unpaired) electrons. The number of anilines is 6. The number of rotatable bonds is 8. The molecule has 0 saturated carbocycles. The molecule has 0 aliphatic heterocycles. The standard InChI is InChI=1S/C62H42N2/c1-5-21-47(22-6-1)63(48-23-7-2-8-24-48)61-55-33-17-13-29-51(55)59(52-30-14-18-34-56(52)61)45-39-37-44-42-46(40-38-43(44)41-45)60-53-31-15-19-35-57(53)62(58-36-20-16-32-54(58)60)64(49-25-9-3-10-26-49)50-27-11-4-12-28-50/h1-42H. The third-order valence-corrected chi connectivity index (χ3v) is 12.7. The van der Waals surface area contributed by atoms with Gasteiger partial charge in [-0.25, -0.2) is 0 Å².